The summed E-state index contributed by atoms with van der Waals surface area (Å²) in [6, 6.07) is 12.2. The van der Waals surface area contributed by atoms with Crippen molar-refractivity contribution in [3.63, 3.8) is 0 Å². The molecule has 4 heteroatoms. The lowest BCUT2D eigenvalue weighted by atomic mass is 10.0. The Hall–Kier alpha value is -1.61. The number of nitrogens with zero attached hydrogens (tertiary/aromatic N) is 2. The fourth-order valence-electron chi connectivity index (χ4n) is 1.48. The highest BCUT2D eigenvalue weighted by atomic mass is 35.5. The molecule has 0 aliphatic heterocycles. The van der Waals surface area contributed by atoms with Crippen molar-refractivity contribution in [2.24, 2.45) is 0 Å². The fourth-order valence-corrected chi connectivity index (χ4v) is 1.57. The van der Waals surface area contributed by atoms with Gasteiger partial charge in [-0.3, -0.25) is 0 Å². The summed E-state index contributed by atoms with van der Waals surface area (Å²) in [6.45, 7) is 4.22. The van der Waals surface area contributed by atoms with E-state index in [1.54, 1.807) is 0 Å². The van der Waals surface area contributed by atoms with Crippen LogP contribution in [-0.2, 0) is 0 Å². The number of rotatable bonds is 3. The van der Waals surface area contributed by atoms with Gasteiger partial charge in [-0.2, -0.15) is 0 Å². The second-order valence-corrected chi connectivity index (χ2v) is 4.30. The third-order valence-electron chi connectivity index (χ3n) is 2.30. The van der Waals surface area contributed by atoms with Crippen molar-refractivity contribution in [3.8, 4) is 11.6 Å². The summed E-state index contributed by atoms with van der Waals surface area (Å²) in [7, 11) is 0. The van der Waals surface area contributed by atoms with Crippen LogP contribution in [0.4, 0.5) is 0 Å². The Balaban J connectivity index is 2.26. The van der Waals surface area contributed by atoms with Gasteiger partial charge >= 0.3 is 0 Å². The quantitative estimate of drug-likeness (QED) is 0.826. The van der Waals surface area contributed by atoms with Crippen molar-refractivity contribution >= 4 is 11.6 Å². The maximum absolute atomic E-state index is 5.64. The van der Waals surface area contributed by atoms with E-state index in [4.69, 9.17) is 16.3 Å². The van der Waals surface area contributed by atoms with Gasteiger partial charge in [0.25, 0.3) is 0 Å². The zero-order chi connectivity index (χ0) is 12.3. The van der Waals surface area contributed by atoms with Crippen LogP contribution in [0.25, 0.3) is 0 Å². The smallest absolute Gasteiger partial charge is 0.247 e. The number of benzene rings is 1. The maximum Gasteiger partial charge on any atom is 0.247 e. The van der Waals surface area contributed by atoms with Crippen molar-refractivity contribution < 1.29 is 4.74 Å². The van der Waals surface area contributed by atoms with Crippen LogP contribution in [-0.4, -0.2) is 10.2 Å². The summed E-state index contributed by atoms with van der Waals surface area (Å²) in [6.07, 6.45) is 0. The summed E-state index contributed by atoms with van der Waals surface area (Å²) >= 11 is 5.64. The molecule has 2 aromatic rings. The lowest BCUT2D eigenvalue weighted by Gasteiger charge is -2.12. The van der Waals surface area contributed by atoms with Crippen LogP contribution < -0.4 is 4.74 Å². The van der Waals surface area contributed by atoms with E-state index in [1.165, 1.54) is 6.07 Å². The van der Waals surface area contributed by atoms with Crippen LogP contribution in [0.1, 0.15) is 25.3 Å². The first-order valence-corrected chi connectivity index (χ1v) is 5.72. The third kappa shape index (κ3) is 2.94. The van der Waals surface area contributed by atoms with Gasteiger partial charge in [0.15, 0.2) is 5.15 Å². The second kappa shape index (κ2) is 5.15. The van der Waals surface area contributed by atoms with E-state index < -0.39 is 0 Å². The summed E-state index contributed by atoms with van der Waals surface area (Å²) in [5.74, 6) is 1.48. The van der Waals surface area contributed by atoms with Gasteiger partial charge in [0.2, 0.25) is 5.88 Å². The Morgan fingerprint density at radius 2 is 2.00 bits per heavy atom. The van der Waals surface area contributed by atoms with Gasteiger partial charge in [-0.05, 0) is 23.6 Å². The molecule has 3 nitrogen and oxygen atoms in total. The predicted octanol–water partition coefficient (Wildman–Crippen LogP) is 3.85. The molecular weight excluding hydrogens is 236 g/mol. The molecule has 0 saturated carbocycles. The van der Waals surface area contributed by atoms with Gasteiger partial charge in [0.1, 0.15) is 5.75 Å². The van der Waals surface area contributed by atoms with Gasteiger partial charge in [-0.1, -0.05) is 43.6 Å². The van der Waals surface area contributed by atoms with E-state index in [0.29, 0.717) is 17.0 Å². The van der Waals surface area contributed by atoms with Crippen LogP contribution in [0, 0.1) is 6.07 Å². The van der Waals surface area contributed by atoms with Crippen molar-refractivity contribution in [1.29, 1.82) is 0 Å². The molecule has 0 N–H and O–H groups in total. The molecule has 1 heterocycles. The average Bonchev–Trinajstić information content (AvgIpc) is 2.32. The molecule has 0 saturated heterocycles. The SMILES string of the molecule is CC(C)c1ccccc1Oc1[c]cc(Cl)nn1. The zero-order valence-electron chi connectivity index (χ0n) is 9.64. The maximum atomic E-state index is 5.64. The normalized spacial score (nSPS) is 10.6. The highest BCUT2D eigenvalue weighted by Crippen LogP contribution is 2.29. The van der Waals surface area contributed by atoms with Crippen molar-refractivity contribution in [3.05, 3.63) is 47.1 Å². The topological polar surface area (TPSA) is 35.0 Å². The van der Waals surface area contributed by atoms with E-state index in [1.807, 2.05) is 24.3 Å². The molecule has 1 aromatic carbocycles. The van der Waals surface area contributed by atoms with Crippen LogP contribution in [0.3, 0.4) is 0 Å². The predicted molar refractivity (Wildman–Crippen MR) is 66.5 cm³/mol. The van der Waals surface area contributed by atoms with E-state index >= 15 is 0 Å². The molecule has 0 amide bonds. The minimum absolute atomic E-state index is 0.300. The van der Waals surface area contributed by atoms with Crippen molar-refractivity contribution in [1.82, 2.24) is 10.2 Å². The minimum Gasteiger partial charge on any atom is -0.437 e. The fraction of sp³-hybridized carbons (Fsp3) is 0.231. The lowest BCUT2D eigenvalue weighted by molar-refractivity contribution is 0.446. The van der Waals surface area contributed by atoms with E-state index in [9.17, 15) is 0 Å². The molecule has 1 aromatic heterocycles. The molecule has 0 unspecified atom stereocenters. The Bertz CT molecular complexity index is 497. The highest BCUT2D eigenvalue weighted by molar-refractivity contribution is 6.29. The zero-order valence-corrected chi connectivity index (χ0v) is 10.4. The largest absolute Gasteiger partial charge is 0.437 e. The van der Waals surface area contributed by atoms with Gasteiger partial charge < -0.3 is 4.74 Å². The first kappa shape index (κ1) is 11.9. The summed E-state index contributed by atoms with van der Waals surface area (Å²) in [4.78, 5) is 0. The number of aromatic nitrogens is 2. The van der Waals surface area contributed by atoms with Crippen molar-refractivity contribution in [2.45, 2.75) is 19.8 Å². The average molecular weight is 248 g/mol. The Kier molecular flexibility index (Phi) is 3.59. The number of ether oxygens (including phenoxy) is 1. The van der Waals surface area contributed by atoms with Gasteiger partial charge in [0, 0.05) is 0 Å². The molecule has 0 aliphatic rings. The highest BCUT2D eigenvalue weighted by Gasteiger charge is 2.08. The monoisotopic (exact) mass is 247 g/mol. The first-order valence-electron chi connectivity index (χ1n) is 5.34. The Morgan fingerprint density at radius 1 is 1.24 bits per heavy atom. The lowest BCUT2D eigenvalue weighted by Crippen LogP contribution is -1.96. The Labute approximate surface area is 105 Å². The molecule has 0 fully saturated rings. The molecule has 17 heavy (non-hydrogen) atoms. The van der Waals surface area contributed by atoms with E-state index in [0.717, 1.165) is 11.3 Å². The molecule has 1 radical (unpaired) electrons. The number of hydrogen-bond acceptors (Lipinski definition) is 3. The number of halogens is 1. The third-order valence-corrected chi connectivity index (χ3v) is 2.48. The van der Waals surface area contributed by atoms with Gasteiger partial charge in [-0.15, -0.1) is 10.2 Å². The number of hydrogen-bond donors (Lipinski definition) is 0. The van der Waals surface area contributed by atoms with Crippen LogP contribution in [0.2, 0.25) is 5.15 Å². The summed E-state index contributed by atoms with van der Waals surface area (Å²) in [5.41, 5.74) is 1.12. The van der Waals surface area contributed by atoms with Gasteiger partial charge in [0.05, 0.1) is 6.07 Å². The molecule has 0 spiro atoms. The van der Waals surface area contributed by atoms with Crippen LogP contribution in [0.5, 0.6) is 11.6 Å². The standard InChI is InChI=1S/C13H12ClN2O/c1-9(2)10-5-3-4-6-11(10)17-13-8-7-12(14)15-16-13/h3-7,9H,1-2H3. The van der Waals surface area contributed by atoms with Crippen LogP contribution >= 0.6 is 11.6 Å². The molecule has 0 atom stereocenters. The molecule has 87 valence electrons. The summed E-state index contributed by atoms with van der Waals surface area (Å²) < 4.78 is 5.64. The van der Waals surface area contributed by atoms with E-state index in [-0.39, 0.29) is 0 Å². The molecule has 0 bridgehead atoms. The first-order chi connectivity index (χ1) is 8.16. The second-order valence-electron chi connectivity index (χ2n) is 3.91. The molecule has 0 aliphatic carbocycles. The molecule has 2 rings (SSSR count). The number of para-hydroxylation sites is 1. The minimum atomic E-state index is 0.300. The van der Waals surface area contributed by atoms with Crippen molar-refractivity contribution in [2.75, 3.05) is 0 Å². The van der Waals surface area contributed by atoms with E-state index in [2.05, 4.69) is 30.1 Å². The summed E-state index contributed by atoms with van der Waals surface area (Å²) in [5, 5.41) is 7.82. The Morgan fingerprint density at radius 3 is 2.65 bits per heavy atom. The van der Waals surface area contributed by atoms with Gasteiger partial charge in [-0.25, -0.2) is 0 Å². The molecular formula is C13H12ClN2O. The van der Waals surface area contributed by atoms with Crippen LogP contribution in [0.15, 0.2) is 30.3 Å².